The van der Waals surface area contributed by atoms with E-state index in [1.165, 1.54) is 25.8 Å². The highest BCUT2D eigenvalue weighted by molar-refractivity contribution is 5.31. The van der Waals surface area contributed by atoms with Gasteiger partial charge in [-0.1, -0.05) is 6.92 Å². The minimum atomic E-state index is -0.295. The van der Waals surface area contributed by atoms with Crippen LogP contribution in [0.3, 0.4) is 0 Å². The summed E-state index contributed by atoms with van der Waals surface area (Å²) in [7, 11) is 3.78. The Kier molecular flexibility index (Phi) is 4.31. The summed E-state index contributed by atoms with van der Waals surface area (Å²) in [6.45, 7) is 7.56. The predicted molar refractivity (Wildman–Crippen MR) is 109 cm³/mol. The van der Waals surface area contributed by atoms with Gasteiger partial charge in [0.05, 0.1) is 23.9 Å². The average molecular weight is 406 g/mol. The minimum Gasteiger partial charge on any atom is -0.392 e. The van der Waals surface area contributed by atoms with E-state index in [9.17, 15) is 5.11 Å². The molecule has 29 heavy (non-hydrogen) atoms. The molecule has 1 heterocycles. The molecule has 7 bridgehead atoms. The number of hydrogen-bond donors (Lipinski definition) is 1. The normalized spacial score (nSPS) is 59.9. The molecule has 5 nitrogen and oxygen atoms in total. The monoisotopic (exact) mass is 405 g/mol. The van der Waals surface area contributed by atoms with Crippen molar-refractivity contribution in [3.8, 4) is 0 Å². The molecule has 1 N–H and O–H groups in total. The molecule has 1 aliphatic heterocycles. The Morgan fingerprint density at radius 3 is 2.55 bits per heavy atom. The van der Waals surface area contributed by atoms with Gasteiger partial charge in [-0.2, -0.15) is 0 Å². The van der Waals surface area contributed by atoms with Crippen molar-refractivity contribution in [2.75, 3.05) is 33.9 Å². The second-order valence-electron chi connectivity index (χ2n) is 10.9. The standard InChI is InChI=1S/C24H39NO4/c1-5-25-12-13-7-8-19(28-4)24-15(13)10-17(22(24)25)23(29-6-2)11-18(27-3)14-9-16(24)20(23)21(14)26/h13-22,26H,5-12H2,1-4H3/t13-,14+,15+,16+,17?,18-,19-,20+,21-,22+,23-,24?/m0/s1. The number of aliphatic hydroxyl groups excluding tert-OH is 1. The molecule has 5 saturated carbocycles. The first-order valence-corrected chi connectivity index (χ1v) is 12.2. The summed E-state index contributed by atoms with van der Waals surface area (Å²) in [4.78, 5) is 2.81. The Morgan fingerprint density at radius 2 is 1.86 bits per heavy atom. The quantitative estimate of drug-likeness (QED) is 0.762. The fraction of sp³-hybridized carbons (Fsp3) is 1.00. The zero-order valence-corrected chi connectivity index (χ0v) is 18.5. The zero-order chi connectivity index (χ0) is 20.1. The maximum Gasteiger partial charge on any atom is 0.0806 e. The van der Waals surface area contributed by atoms with E-state index in [0.29, 0.717) is 24.0 Å². The van der Waals surface area contributed by atoms with Gasteiger partial charge in [-0.25, -0.2) is 0 Å². The first-order valence-electron chi connectivity index (χ1n) is 12.2. The number of methoxy groups -OCH3 is 2. The molecular weight excluding hydrogens is 366 g/mol. The molecule has 0 amide bonds. The van der Waals surface area contributed by atoms with Crippen LogP contribution in [0.1, 0.15) is 46.0 Å². The van der Waals surface area contributed by atoms with E-state index in [-0.39, 0.29) is 35.1 Å². The predicted octanol–water partition coefficient (Wildman–Crippen LogP) is 2.56. The van der Waals surface area contributed by atoms with Crippen molar-refractivity contribution in [2.45, 2.75) is 75.9 Å². The molecule has 0 aromatic heterocycles. The molecule has 6 rings (SSSR count). The van der Waals surface area contributed by atoms with E-state index in [0.717, 1.165) is 37.8 Å². The van der Waals surface area contributed by atoms with Crippen molar-refractivity contribution >= 4 is 0 Å². The van der Waals surface area contributed by atoms with Crippen molar-refractivity contribution in [1.29, 1.82) is 0 Å². The van der Waals surface area contributed by atoms with Crippen LogP contribution in [0.4, 0.5) is 0 Å². The van der Waals surface area contributed by atoms with E-state index in [2.05, 4.69) is 18.7 Å². The lowest BCUT2D eigenvalue weighted by Gasteiger charge is -2.67. The molecule has 6 aliphatic rings. The number of ether oxygens (including phenoxy) is 3. The maximum absolute atomic E-state index is 11.6. The zero-order valence-electron chi connectivity index (χ0n) is 18.5. The molecule has 1 spiro atoms. The fourth-order valence-corrected chi connectivity index (χ4v) is 10.5. The molecule has 5 aliphatic carbocycles. The van der Waals surface area contributed by atoms with Gasteiger partial charge in [0.25, 0.3) is 0 Å². The van der Waals surface area contributed by atoms with Crippen LogP contribution < -0.4 is 0 Å². The molecule has 6 fully saturated rings. The SMILES string of the molecule is CCO[C@]12C[C@H](OC)[C@H]3C[C@H]([C@@H]1[C@H]3O)C13[C@@H](OC)CC[C@H]4CN(CC)[C@@H]1C2C[C@H]43. The van der Waals surface area contributed by atoms with Crippen molar-refractivity contribution in [3.63, 3.8) is 0 Å². The smallest absolute Gasteiger partial charge is 0.0806 e. The lowest BCUT2D eigenvalue weighted by molar-refractivity contribution is -0.271. The van der Waals surface area contributed by atoms with Crippen LogP contribution in [0.5, 0.6) is 0 Å². The number of nitrogens with zero attached hydrogens (tertiary/aromatic N) is 1. The Labute approximate surface area is 175 Å². The summed E-state index contributed by atoms with van der Waals surface area (Å²) in [6, 6.07) is 0.536. The van der Waals surface area contributed by atoms with Gasteiger partial charge in [-0.3, -0.25) is 4.90 Å². The van der Waals surface area contributed by atoms with E-state index >= 15 is 0 Å². The lowest BCUT2D eigenvalue weighted by Crippen LogP contribution is -2.74. The average Bonchev–Trinajstić information content (AvgIpc) is 3.11. The molecule has 12 atom stereocenters. The van der Waals surface area contributed by atoms with E-state index in [1.807, 2.05) is 14.2 Å². The molecule has 0 radical (unpaired) electrons. The minimum absolute atomic E-state index is 0.115. The largest absolute Gasteiger partial charge is 0.392 e. The van der Waals surface area contributed by atoms with E-state index < -0.39 is 0 Å². The molecule has 164 valence electrons. The number of fused-ring (bicyclic) bond motifs is 2. The molecule has 0 aromatic carbocycles. The summed E-state index contributed by atoms with van der Waals surface area (Å²) in [6.07, 6.45) is 5.94. The topological polar surface area (TPSA) is 51.2 Å². The molecule has 1 saturated heterocycles. The number of hydrogen-bond acceptors (Lipinski definition) is 5. The van der Waals surface area contributed by atoms with Crippen LogP contribution in [-0.2, 0) is 14.2 Å². The van der Waals surface area contributed by atoms with Crippen molar-refractivity contribution < 1.29 is 19.3 Å². The maximum atomic E-state index is 11.6. The van der Waals surface area contributed by atoms with Crippen molar-refractivity contribution in [3.05, 3.63) is 0 Å². The number of likely N-dealkylation sites (tertiary alicyclic amines) is 1. The first kappa shape index (κ1) is 19.5. The van der Waals surface area contributed by atoms with Crippen molar-refractivity contribution in [1.82, 2.24) is 4.90 Å². The van der Waals surface area contributed by atoms with Gasteiger partial charge < -0.3 is 19.3 Å². The van der Waals surface area contributed by atoms with Crippen LogP contribution in [0.15, 0.2) is 0 Å². The number of rotatable bonds is 5. The van der Waals surface area contributed by atoms with Crippen LogP contribution in [0.25, 0.3) is 0 Å². The summed E-state index contributed by atoms with van der Waals surface area (Å²) < 4.78 is 19.2. The Morgan fingerprint density at radius 1 is 1.03 bits per heavy atom. The van der Waals surface area contributed by atoms with E-state index in [4.69, 9.17) is 14.2 Å². The first-order chi connectivity index (χ1) is 14.1. The third kappa shape index (κ3) is 2.02. The fourth-order valence-electron chi connectivity index (χ4n) is 10.5. The van der Waals surface area contributed by atoms with Gasteiger partial charge in [0, 0.05) is 63.0 Å². The van der Waals surface area contributed by atoms with Crippen LogP contribution in [-0.4, -0.2) is 73.9 Å². The van der Waals surface area contributed by atoms with Gasteiger partial charge in [-0.05, 0) is 56.9 Å². The molecule has 2 unspecified atom stereocenters. The van der Waals surface area contributed by atoms with Crippen LogP contribution >= 0.6 is 0 Å². The second kappa shape index (κ2) is 6.41. The summed E-state index contributed by atoms with van der Waals surface area (Å²) >= 11 is 0. The summed E-state index contributed by atoms with van der Waals surface area (Å²) in [5.74, 6) is 3.00. The molecular formula is C24H39NO4. The highest BCUT2D eigenvalue weighted by Gasteiger charge is 2.82. The van der Waals surface area contributed by atoms with E-state index in [1.54, 1.807) is 0 Å². The van der Waals surface area contributed by atoms with Crippen LogP contribution in [0, 0.1) is 40.9 Å². The lowest BCUT2D eigenvalue weighted by atomic mass is 9.46. The van der Waals surface area contributed by atoms with Gasteiger partial charge in [0.1, 0.15) is 0 Å². The third-order valence-corrected chi connectivity index (χ3v) is 10.8. The highest BCUT2D eigenvalue weighted by atomic mass is 16.5. The summed E-state index contributed by atoms with van der Waals surface area (Å²) in [5.41, 5.74) is -0.0411. The number of aliphatic hydroxyl groups is 1. The Bertz CT molecular complexity index is 673. The second-order valence-corrected chi connectivity index (χ2v) is 10.9. The number of piperidine rings is 1. The molecule has 0 aromatic rings. The van der Waals surface area contributed by atoms with Crippen LogP contribution in [0.2, 0.25) is 0 Å². The Hall–Kier alpha value is -0.200. The van der Waals surface area contributed by atoms with Gasteiger partial charge in [0.2, 0.25) is 0 Å². The van der Waals surface area contributed by atoms with Gasteiger partial charge in [0.15, 0.2) is 0 Å². The third-order valence-electron chi connectivity index (χ3n) is 10.8. The summed E-state index contributed by atoms with van der Waals surface area (Å²) in [5, 5.41) is 11.6. The molecule has 5 heteroatoms. The van der Waals surface area contributed by atoms with Crippen molar-refractivity contribution in [2.24, 2.45) is 40.9 Å². The van der Waals surface area contributed by atoms with Gasteiger partial charge in [-0.15, -0.1) is 0 Å². The highest BCUT2D eigenvalue weighted by Crippen LogP contribution is 2.77. The Balaban J connectivity index is 1.58. The van der Waals surface area contributed by atoms with Gasteiger partial charge >= 0.3 is 0 Å².